The summed E-state index contributed by atoms with van der Waals surface area (Å²) in [6, 6.07) is 25.0. The molecule has 0 saturated carbocycles. The number of para-hydroxylation sites is 1. The summed E-state index contributed by atoms with van der Waals surface area (Å²) in [5.74, 6) is 1.40. The molecule has 0 bridgehead atoms. The first kappa shape index (κ1) is 20.7. The number of fused-ring (bicyclic) bond motifs is 1. The lowest BCUT2D eigenvalue weighted by Gasteiger charge is -2.12. The Labute approximate surface area is 196 Å². The highest BCUT2D eigenvalue weighted by Gasteiger charge is 2.15. The molecule has 5 aromatic rings. The number of thioether (sulfide) groups is 1. The normalized spacial score (nSPS) is 11.2. The maximum Gasteiger partial charge on any atom is 0.262 e. The lowest BCUT2D eigenvalue weighted by Crippen LogP contribution is -2.24. The van der Waals surface area contributed by atoms with Crippen LogP contribution in [0, 0.1) is 0 Å². The first-order chi connectivity index (χ1) is 15.7. The van der Waals surface area contributed by atoms with Crippen molar-refractivity contribution in [2.75, 3.05) is 0 Å². The molecule has 0 unspecified atom stereocenters. The number of nitrogens with zero attached hydrogens (tertiary/aromatic N) is 4. The quantitative estimate of drug-likeness (QED) is 0.223. The molecule has 32 heavy (non-hydrogen) atoms. The van der Waals surface area contributed by atoms with Gasteiger partial charge in [-0.05, 0) is 29.8 Å². The number of benzene rings is 3. The molecule has 0 aliphatic heterocycles. The second-order valence-corrected chi connectivity index (χ2v) is 8.96. The zero-order valence-corrected chi connectivity index (χ0v) is 19.2. The monoisotopic (exact) mass is 504 g/mol. The van der Waals surface area contributed by atoms with E-state index < -0.39 is 0 Å². The largest absolute Gasteiger partial charge is 0.338 e. The molecule has 0 aliphatic rings. The highest BCUT2D eigenvalue weighted by molar-refractivity contribution is 9.10. The van der Waals surface area contributed by atoms with Gasteiger partial charge in [0.05, 0.1) is 23.2 Å². The van der Waals surface area contributed by atoms with E-state index in [2.05, 4.69) is 26.1 Å². The van der Waals surface area contributed by atoms with Gasteiger partial charge in [-0.25, -0.2) is 4.98 Å². The van der Waals surface area contributed by atoms with Crippen LogP contribution >= 0.6 is 27.7 Å². The summed E-state index contributed by atoms with van der Waals surface area (Å²) in [6.45, 7) is 0.437. The average molecular weight is 505 g/mol. The summed E-state index contributed by atoms with van der Waals surface area (Å²) < 4.78 is 8.09. The molecule has 8 heteroatoms. The fourth-order valence-electron chi connectivity index (χ4n) is 3.35. The first-order valence-corrected chi connectivity index (χ1v) is 11.7. The molecule has 0 saturated heterocycles. The van der Waals surface area contributed by atoms with E-state index >= 15 is 0 Å². The van der Waals surface area contributed by atoms with Gasteiger partial charge >= 0.3 is 0 Å². The van der Waals surface area contributed by atoms with Crippen molar-refractivity contribution in [3.05, 3.63) is 105 Å². The maximum atomic E-state index is 13.2. The van der Waals surface area contributed by atoms with Crippen LogP contribution < -0.4 is 5.56 Å². The SMILES string of the molecule is O=c1c2ccccc2nc(SCc2nc(-c3cccc(Br)c3)no2)n1Cc1ccccc1. The topological polar surface area (TPSA) is 73.8 Å². The molecule has 3 aromatic carbocycles. The van der Waals surface area contributed by atoms with Crippen LogP contribution in [0.3, 0.4) is 0 Å². The van der Waals surface area contributed by atoms with E-state index in [1.807, 2.05) is 78.9 Å². The molecule has 0 aliphatic carbocycles. The van der Waals surface area contributed by atoms with Gasteiger partial charge < -0.3 is 4.52 Å². The van der Waals surface area contributed by atoms with Crippen LogP contribution in [-0.4, -0.2) is 19.7 Å². The number of halogens is 1. The molecule has 2 aromatic heterocycles. The summed E-state index contributed by atoms with van der Waals surface area (Å²) in [4.78, 5) is 22.5. The number of hydrogen-bond donors (Lipinski definition) is 0. The van der Waals surface area contributed by atoms with Crippen LogP contribution in [0.2, 0.25) is 0 Å². The van der Waals surface area contributed by atoms with Gasteiger partial charge in [-0.3, -0.25) is 9.36 Å². The Morgan fingerprint density at radius 1 is 0.938 bits per heavy atom. The van der Waals surface area contributed by atoms with Crippen LogP contribution in [0.1, 0.15) is 11.5 Å². The molecule has 0 spiro atoms. The van der Waals surface area contributed by atoms with E-state index in [0.717, 1.165) is 15.6 Å². The van der Waals surface area contributed by atoms with E-state index in [-0.39, 0.29) is 5.56 Å². The number of rotatable bonds is 6. The van der Waals surface area contributed by atoms with Crippen molar-refractivity contribution in [1.29, 1.82) is 0 Å². The standard InChI is InChI=1S/C24H17BrN4O2S/c25-18-10-6-9-17(13-18)22-27-21(31-28-22)15-32-24-26-20-12-5-4-11-19(20)23(30)29(24)14-16-7-2-1-3-8-16/h1-13H,14-15H2. The highest BCUT2D eigenvalue weighted by Crippen LogP contribution is 2.25. The Morgan fingerprint density at radius 3 is 2.59 bits per heavy atom. The fourth-order valence-corrected chi connectivity index (χ4v) is 4.58. The zero-order valence-electron chi connectivity index (χ0n) is 16.8. The lowest BCUT2D eigenvalue weighted by atomic mass is 10.2. The van der Waals surface area contributed by atoms with E-state index in [1.165, 1.54) is 11.8 Å². The van der Waals surface area contributed by atoms with E-state index in [1.54, 1.807) is 4.57 Å². The molecule has 5 rings (SSSR count). The van der Waals surface area contributed by atoms with Crippen LogP contribution in [0.5, 0.6) is 0 Å². The summed E-state index contributed by atoms with van der Waals surface area (Å²) in [5, 5.41) is 5.30. The van der Waals surface area contributed by atoms with E-state index in [9.17, 15) is 4.79 Å². The van der Waals surface area contributed by atoms with Gasteiger partial charge in [0, 0.05) is 10.0 Å². The Hall–Kier alpha value is -3.23. The van der Waals surface area contributed by atoms with Gasteiger partial charge in [0.2, 0.25) is 11.7 Å². The molecule has 2 heterocycles. The van der Waals surface area contributed by atoms with Gasteiger partial charge in [-0.15, -0.1) is 0 Å². The Kier molecular flexibility index (Phi) is 5.87. The molecule has 0 amide bonds. The fraction of sp³-hybridized carbons (Fsp3) is 0.0833. The van der Waals surface area contributed by atoms with Crippen LogP contribution in [0.15, 0.2) is 97.8 Å². The zero-order chi connectivity index (χ0) is 21.9. The average Bonchev–Trinajstić information content (AvgIpc) is 3.30. The molecule has 0 radical (unpaired) electrons. The third-order valence-electron chi connectivity index (χ3n) is 4.89. The van der Waals surface area contributed by atoms with Crippen molar-refractivity contribution in [3.63, 3.8) is 0 Å². The Balaban J connectivity index is 1.46. The second-order valence-electron chi connectivity index (χ2n) is 7.10. The second kappa shape index (κ2) is 9.10. The van der Waals surface area contributed by atoms with Crippen molar-refractivity contribution in [2.45, 2.75) is 17.5 Å². The first-order valence-electron chi connectivity index (χ1n) is 9.92. The van der Waals surface area contributed by atoms with Gasteiger partial charge in [0.15, 0.2) is 5.16 Å². The van der Waals surface area contributed by atoms with Crippen molar-refractivity contribution >= 4 is 38.6 Å². The van der Waals surface area contributed by atoms with Crippen molar-refractivity contribution in [3.8, 4) is 11.4 Å². The van der Waals surface area contributed by atoms with E-state index in [4.69, 9.17) is 9.51 Å². The summed E-state index contributed by atoms with van der Waals surface area (Å²) >= 11 is 4.86. The predicted octanol–water partition coefficient (Wildman–Crippen LogP) is 5.55. The minimum absolute atomic E-state index is 0.0673. The molecule has 0 N–H and O–H groups in total. The minimum Gasteiger partial charge on any atom is -0.338 e. The third kappa shape index (κ3) is 4.37. The van der Waals surface area contributed by atoms with Gasteiger partial charge in [0.1, 0.15) is 0 Å². The summed E-state index contributed by atoms with van der Waals surface area (Å²) in [5.41, 5.74) is 2.50. The molecule has 158 valence electrons. The van der Waals surface area contributed by atoms with Gasteiger partial charge in [-0.2, -0.15) is 4.98 Å². The van der Waals surface area contributed by atoms with Gasteiger partial charge in [0.25, 0.3) is 5.56 Å². The minimum atomic E-state index is -0.0673. The third-order valence-corrected chi connectivity index (χ3v) is 6.34. The van der Waals surface area contributed by atoms with Crippen molar-refractivity contribution < 1.29 is 4.52 Å². The summed E-state index contributed by atoms with van der Waals surface area (Å²) in [6.07, 6.45) is 0. The molecular formula is C24H17BrN4O2S. The molecule has 0 atom stereocenters. The molecular weight excluding hydrogens is 488 g/mol. The smallest absolute Gasteiger partial charge is 0.262 e. The van der Waals surface area contributed by atoms with E-state index in [0.29, 0.717) is 40.1 Å². The van der Waals surface area contributed by atoms with Crippen molar-refractivity contribution in [1.82, 2.24) is 19.7 Å². The van der Waals surface area contributed by atoms with Crippen LogP contribution in [0.4, 0.5) is 0 Å². The Bertz CT molecular complexity index is 1450. The number of aromatic nitrogens is 4. The predicted molar refractivity (Wildman–Crippen MR) is 129 cm³/mol. The molecule has 0 fully saturated rings. The Morgan fingerprint density at radius 2 is 1.75 bits per heavy atom. The van der Waals surface area contributed by atoms with Crippen LogP contribution in [-0.2, 0) is 12.3 Å². The highest BCUT2D eigenvalue weighted by atomic mass is 79.9. The lowest BCUT2D eigenvalue weighted by molar-refractivity contribution is 0.391. The number of hydrogen-bond acceptors (Lipinski definition) is 6. The summed E-state index contributed by atoms with van der Waals surface area (Å²) in [7, 11) is 0. The maximum absolute atomic E-state index is 13.2. The van der Waals surface area contributed by atoms with Gasteiger partial charge in [-0.1, -0.05) is 87.4 Å². The van der Waals surface area contributed by atoms with Crippen molar-refractivity contribution in [2.24, 2.45) is 0 Å². The van der Waals surface area contributed by atoms with Crippen LogP contribution in [0.25, 0.3) is 22.3 Å². The molecule has 6 nitrogen and oxygen atoms in total.